The molecule has 0 unspecified atom stereocenters. The Morgan fingerprint density at radius 1 is 0.963 bits per heavy atom. The Morgan fingerprint density at radius 2 is 1.70 bits per heavy atom. The lowest BCUT2D eigenvalue weighted by molar-refractivity contribution is 0.0983. The molecule has 1 N–H and O–H groups in total. The Bertz CT molecular complexity index is 951. The number of nitrogens with one attached hydrogen (secondary N) is 1. The van der Waals surface area contributed by atoms with Gasteiger partial charge in [-0.05, 0) is 57.5 Å². The number of aryl methyl sites for hydroxylation is 3. The number of carbonyl (C=O) groups is 1. The Morgan fingerprint density at radius 3 is 2.37 bits per heavy atom. The summed E-state index contributed by atoms with van der Waals surface area (Å²) < 4.78 is 0. The van der Waals surface area contributed by atoms with E-state index in [4.69, 9.17) is 0 Å². The minimum Gasteiger partial charge on any atom is -0.340 e. The molecule has 1 amide bonds. The van der Waals surface area contributed by atoms with Gasteiger partial charge in [0.15, 0.2) is 0 Å². The van der Waals surface area contributed by atoms with Gasteiger partial charge in [-0.3, -0.25) is 4.79 Å². The summed E-state index contributed by atoms with van der Waals surface area (Å²) in [6.07, 6.45) is 0. The fraction of sp³-hybridized carbons (Fsp3) is 0.227. The summed E-state index contributed by atoms with van der Waals surface area (Å²) in [4.78, 5) is 23.6. The Hall–Kier alpha value is -3.21. The van der Waals surface area contributed by atoms with Gasteiger partial charge < -0.3 is 10.2 Å². The smallest absolute Gasteiger partial charge is 0.277 e. The minimum atomic E-state index is -0.138. The molecule has 5 heteroatoms. The van der Waals surface area contributed by atoms with Gasteiger partial charge in [0, 0.05) is 24.0 Å². The van der Waals surface area contributed by atoms with E-state index in [1.165, 1.54) is 5.56 Å². The first kappa shape index (κ1) is 18.6. The molecule has 2 aromatic carbocycles. The number of carbonyl (C=O) groups excluding carboxylic acids is 1. The summed E-state index contributed by atoms with van der Waals surface area (Å²) in [5.74, 6) is 1.02. The molecule has 5 nitrogen and oxygen atoms in total. The summed E-state index contributed by atoms with van der Waals surface area (Å²) in [5.41, 5.74) is 4.46. The molecule has 0 bridgehead atoms. The summed E-state index contributed by atoms with van der Waals surface area (Å²) in [6, 6.07) is 17.6. The number of benzene rings is 2. The van der Waals surface area contributed by atoms with Gasteiger partial charge in [-0.2, -0.15) is 0 Å². The summed E-state index contributed by atoms with van der Waals surface area (Å²) in [6.45, 7) is 8.37. The Labute approximate surface area is 160 Å². The van der Waals surface area contributed by atoms with Gasteiger partial charge in [-0.1, -0.05) is 29.8 Å². The molecule has 0 aliphatic carbocycles. The van der Waals surface area contributed by atoms with Crippen LogP contribution in [0.2, 0.25) is 0 Å². The van der Waals surface area contributed by atoms with Crippen LogP contribution in [-0.2, 0) is 0 Å². The van der Waals surface area contributed by atoms with Crippen molar-refractivity contribution in [1.82, 2.24) is 9.97 Å². The molecular formula is C22H24N4O. The van der Waals surface area contributed by atoms with Gasteiger partial charge in [0.1, 0.15) is 17.3 Å². The second-order valence-corrected chi connectivity index (χ2v) is 6.57. The standard InChI is InChI=1S/C22H24N4O/c1-5-26(19-8-6-7-16(3)13-19)22(27)20-14-21(24-17(4)23-20)25-18-11-9-15(2)10-12-18/h6-14H,5H2,1-4H3,(H,23,24,25). The van der Waals surface area contributed by atoms with E-state index in [0.717, 1.165) is 16.9 Å². The predicted octanol–water partition coefficient (Wildman–Crippen LogP) is 4.81. The topological polar surface area (TPSA) is 58.1 Å². The number of hydrogen-bond acceptors (Lipinski definition) is 4. The normalized spacial score (nSPS) is 10.5. The van der Waals surface area contributed by atoms with E-state index in [-0.39, 0.29) is 5.91 Å². The molecule has 0 radical (unpaired) electrons. The number of rotatable bonds is 5. The van der Waals surface area contributed by atoms with E-state index in [1.54, 1.807) is 17.9 Å². The van der Waals surface area contributed by atoms with E-state index in [1.807, 2.05) is 69.3 Å². The van der Waals surface area contributed by atoms with Crippen molar-refractivity contribution in [3.8, 4) is 0 Å². The van der Waals surface area contributed by atoms with Crippen LogP contribution in [0.4, 0.5) is 17.2 Å². The Balaban J connectivity index is 1.90. The minimum absolute atomic E-state index is 0.138. The largest absolute Gasteiger partial charge is 0.340 e. The van der Waals surface area contributed by atoms with E-state index in [2.05, 4.69) is 15.3 Å². The van der Waals surface area contributed by atoms with E-state index < -0.39 is 0 Å². The van der Waals surface area contributed by atoms with Crippen LogP contribution >= 0.6 is 0 Å². The van der Waals surface area contributed by atoms with Gasteiger partial charge in [0.25, 0.3) is 5.91 Å². The maximum absolute atomic E-state index is 13.1. The monoisotopic (exact) mass is 360 g/mol. The van der Waals surface area contributed by atoms with Crippen LogP contribution in [0.15, 0.2) is 54.6 Å². The average molecular weight is 360 g/mol. The lowest BCUT2D eigenvalue weighted by Gasteiger charge is -2.21. The predicted molar refractivity (Wildman–Crippen MR) is 110 cm³/mol. The highest BCUT2D eigenvalue weighted by molar-refractivity contribution is 6.05. The van der Waals surface area contributed by atoms with Crippen molar-refractivity contribution in [2.45, 2.75) is 27.7 Å². The molecule has 27 heavy (non-hydrogen) atoms. The van der Waals surface area contributed by atoms with Crippen LogP contribution in [0.25, 0.3) is 0 Å². The number of nitrogens with zero attached hydrogens (tertiary/aromatic N) is 3. The summed E-state index contributed by atoms with van der Waals surface area (Å²) >= 11 is 0. The van der Waals surface area contributed by atoms with Gasteiger partial charge in [0.05, 0.1) is 0 Å². The SMILES string of the molecule is CCN(C(=O)c1cc(Nc2ccc(C)cc2)nc(C)n1)c1cccc(C)c1. The van der Waals surface area contributed by atoms with Crippen molar-refractivity contribution in [2.24, 2.45) is 0 Å². The fourth-order valence-corrected chi connectivity index (χ4v) is 2.90. The number of amides is 1. The fourth-order valence-electron chi connectivity index (χ4n) is 2.90. The molecule has 1 heterocycles. The van der Waals surface area contributed by atoms with Crippen molar-refractivity contribution in [2.75, 3.05) is 16.8 Å². The molecule has 0 saturated heterocycles. The van der Waals surface area contributed by atoms with E-state index in [9.17, 15) is 4.79 Å². The molecule has 0 spiro atoms. The highest BCUT2D eigenvalue weighted by Gasteiger charge is 2.19. The van der Waals surface area contributed by atoms with Crippen molar-refractivity contribution >= 4 is 23.1 Å². The zero-order valence-corrected chi connectivity index (χ0v) is 16.2. The highest BCUT2D eigenvalue weighted by atomic mass is 16.2. The zero-order valence-electron chi connectivity index (χ0n) is 16.2. The number of anilines is 3. The average Bonchev–Trinajstić information content (AvgIpc) is 2.64. The van der Waals surface area contributed by atoms with Crippen molar-refractivity contribution in [1.29, 1.82) is 0 Å². The van der Waals surface area contributed by atoms with Gasteiger partial charge in [-0.25, -0.2) is 9.97 Å². The third-order valence-electron chi connectivity index (χ3n) is 4.26. The van der Waals surface area contributed by atoms with Gasteiger partial charge in [0.2, 0.25) is 0 Å². The van der Waals surface area contributed by atoms with Crippen LogP contribution in [0.3, 0.4) is 0 Å². The molecule has 0 aliphatic rings. The second kappa shape index (κ2) is 7.99. The molecule has 138 valence electrons. The van der Waals surface area contributed by atoms with E-state index in [0.29, 0.717) is 23.9 Å². The molecule has 0 fully saturated rings. The third kappa shape index (κ3) is 4.50. The van der Waals surface area contributed by atoms with Crippen LogP contribution in [0, 0.1) is 20.8 Å². The lowest BCUT2D eigenvalue weighted by Crippen LogP contribution is -2.31. The first-order chi connectivity index (χ1) is 13.0. The lowest BCUT2D eigenvalue weighted by atomic mass is 10.2. The van der Waals surface area contributed by atoms with Crippen molar-refractivity contribution < 1.29 is 4.79 Å². The number of aromatic nitrogens is 2. The quantitative estimate of drug-likeness (QED) is 0.709. The molecular weight excluding hydrogens is 336 g/mol. The van der Waals surface area contributed by atoms with Crippen LogP contribution in [-0.4, -0.2) is 22.4 Å². The van der Waals surface area contributed by atoms with Crippen LogP contribution in [0.5, 0.6) is 0 Å². The van der Waals surface area contributed by atoms with Gasteiger partial charge >= 0.3 is 0 Å². The summed E-state index contributed by atoms with van der Waals surface area (Å²) in [5, 5.41) is 3.25. The van der Waals surface area contributed by atoms with Crippen molar-refractivity contribution in [3.05, 3.63) is 77.2 Å². The first-order valence-corrected chi connectivity index (χ1v) is 9.04. The molecule has 3 aromatic rings. The molecule has 3 rings (SSSR count). The third-order valence-corrected chi connectivity index (χ3v) is 4.26. The zero-order chi connectivity index (χ0) is 19.4. The maximum Gasteiger partial charge on any atom is 0.277 e. The first-order valence-electron chi connectivity index (χ1n) is 9.04. The second-order valence-electron chi connectivity index (χ2n) is 6.57. The number of hydrogen-bond donors (Lipinski definition) is 1. The van der Waals surface area contributed by atoms with E-state index >= 15 is 0 Å². The highest BCUT2D eigenvalue weighted by Crippen LogP contribution is 2.20. The summed E-state index contributed by atoms with van der Waals surface area (Å²) in [7, 11) is 0. The Kier molecular flexibility index (Phi) is 5.50. The molecule has 1 aromatic heterocycles. The van der Waals surface area contributed by atoms with Gasteiger partial charge in [-0.15, -0.1) is 0 Å². The van der Waals surface area contributed by atoms with Crippen LogP contribution < -0.4 is 10.2 Å². The van der Waals surface area contributed by atoms with Crippen LogP contribution in [0.1, 0.15) is 34.4 Å². The molecule has 0 saturated carbocycles. The molecule has 0 aliphatic heterocycles. The van der Waals surface area contributed by atoms with Crippen molar-refractivity contribution in [3.63, 3.8) is 0 Å². The maximum atomic E-state index is 13.1. The molecule has 0 atom stereocenters.